The van der Waals surface area contributed by atoms with E-state index in [1.54, 1.807) is 0 Å². The standard InChI is InChI=1S/C8H12INO3S/c9-3-13-8-4-1-5-6(2-4)14(11,12)10-7(5)8/h4-8,10H,1-3H2. The Kier molecular flexibility index (Phi) is 2.14. The summed E-state index contributed by atoms with van der Waals surface area (Å²) < 4.78 is 32.4. The average Bonchev–Trinajstić information content (AvgIpc) is 2.68. The zero-order valence-electron chi connectivity index (χ0n) is 7.52. The summed E-state index contributed by atoms with van der Waals surface area (Å²) in [7, 11) is -3.02. The predicted octanol–water partition coefficient (Wildman–Crippen LogP) is 0.474. The second-order valence-corrected chi connectivity index (χ2v) is 6.92. The van der Waals surface area contributed by atoms with E-state index < -0.39 is 10.0 Å². The molecule has 0 spiro atoms. The van der Waals surface area contributed by atoms with Crippen LogP contribution in [0.25, 0.3) is 0 Å². The summed E-state index contributed by atoms with van der Waals surface area (Å²) >= 11 is 2.17. The SMILES string of the molecule is O=S1(=O)NC2C3CC(CC31)C2OCI. The Hall–Kier alpha value is 0.600. The molecule has 3 rings (SSSR count). The molecule has 0 aromatic rings. The molecule has 80 valence electrons. The van der Waals surface area contributed by atoms with Crippen molar-refractivity contribution in [2.45, 2.75) is 30.2 Å². The largest absolute Gasteiger partial charge is 0.366 e. The van der Waals surface area contributed by atoms with Crippen LogP contribution in [0.5, 0.6) is 0 Å². The first kappa shape index (κ1) is 9.80. The lowest BCUT2D eigenvalue weighted by Gasteiger charge is -2.25. The maximum atomic E-state index is 11.7. The van der Waals surface area contributed by atoms with Gasteiger partial charge in [0.15, 0.2) is 0 Å². The van der Waals surface area contributed by atoms with Crippen LogP contribution in [-0.4, -0.2) is 30.4 Å². The van der Waals surface area contributed by atoms with Gasteiger partial charge in [0.1, 0.15) is 0 Å². The summed E-state index contributed by atoms with van der Waals surface area (Å²) in [6.07, 6.45) is 1.96. The van der Waals surface area contributed by atoms with Crippen molar-refractivity contribution in [3.05, 3.63) is 0 Å². The fourth-order valence-electron chi connectivity index (χ4n) is 3.35. The van der Waals surface area contributed by atoms with Crippen LogP contribution in [0.2, 0.25) is 0 Å². The van der Waals surface area contributed by atoms with Gasteiger partial charge in [-0.3, -0.25) is 0 Å². The number of ether oxygens (including phenoxy) is 1. The van der Waals surface area contributed by atoms with Crippen LogP contribution in [0.15, 0.2) is 0 Å². The fourth-order valence-corrected chi connectivity index (χ4v) is 5.87. The molecule has 0 amide bonds. The third-order valence-electron chi connectivity index (χ3n) is 3.82. The topological polar surface area (TPSA) is 55.4 Å². The van der Waals surface area contributed by atoms with Gasteiger partial charge >= 0.3 is 0 Å². The van der Waals surface area contributed by atoms with Crippen molar-refractivity contribution >= 4 is 32.6 Å². The number of sulfonamides is 1. The Morgan fingerprint density at radius 2 is 2.21 bits per heavy atom. The third kappa shape index (κ3) is 1.14. The van der Waals surface area contributed by atoms with Crippen molar-refractivity contribution in [2.75, 3.05) is 4.61 Å². The van der Waals surface area contributed by atoms with Crippen molar-refractivity contribution in [1.82, 2.24) is 4.72 Å². The van der Waals surface area contributed by atoms with E-state index in [1.165, 1.54) is 0 Å². The minimum absolute atomic E-state index is 0.0681. The number of hydrogen-bond acceptors (Lipinski definition) is 3. The van der Waals surface area contributed by atoms with Crippen molar-refractivity contribution < 1.29 is 13.2 Å². The van der Waals surface area contributed by atoms with E-state index in [0.29, 0.717) is 16.4 Å². The number of halogens is 1. The van der Waals surface area contributed by atoms with Crippen LogP contribution in [-0.2, 0) is 14.8 Å². The Morgan fingerprint density at radius 1 is 1.43 bits per heavy atom. The van der Waals surface area contributed by atoms with E-state index in [4.69, 9.17) is 4.74 Å². The van der Waals surface area contributed by atoms with Gasteiger partial charge in [0.05, 0.1) is 22.0 Å². The van der Waals surface area contributed by atoms with Crippen LogP contribution in [0.1, 0.15) is 12.8 Å². The second-order valence-electron chi connectivity index (χ2n) is 4.36. The first-order valence-corrected chi connectivity index (χ1v) is 7.89. The lowest BCUT2D eigenvalue weighted by molar-refractivity contribution is 0.0395. The van der Waals surface area contributed by atoms with Gasteiger partial charge in [-0.05, 0) is 24.7 Å². The summed E-state index contributed by atoms with van der Waals surface area (Å²) in [4.78, 5) is 0. The molecule has 0 aromatic heterocycles. The second kappa shape index (κ2) is 3.05. The summed E-state index contributed by atoms with van der Waals surface area (Å²) in [6.45, 7) is 0. The molecule has 2 bridgehead atoms. The van der Waals surface area contributed by atoms with Crippen LogP contribution < -0.4 is 4.72 Å². The van der Waals surface area contributed by atoms with E-state index >= 15 is 0 Å². The molecule has 5 atom stereocenters. The molecule has 0 radical (unpaired) electrons. The van der Waals surface area contributed by atoms with E-state index in [-0.39, 0.29) is 17.4 Å². The van der Waals surface area contributed by atoms with Crippen molar-refractivity contribution in [3.8, 4) is 0 Å². The Labute approximate surface area is 97.0 Å². The van der Waals surface area contributed by atoms with Crippen molar-refractivity contribution in [1.29, 1.82) is 0 Å². The molecule has 5 unspecified atom stereocenters. The number of rotatable bonds is 2. The highest BCUT2D eigenvalue weighted by Gasteiger charge is 2.62. The molecule has 1 heterocycles. The molecular formula is C8H12INO3S. The molecule has 6 heteroatoms. The lowest BCUT2D eigenvalue weighted by atomic mass is 9.93. The van der Waals surface area contributed by atoms with Crippen molar-refractivity contribution in [2.24, 2.45) is 11.8 Å². The van der Waals surface area contributed by atoms with Gasteiger partial charge in [-0.2, -0.15) is 0 Å². The average molecular weight is 329 g/mol. The molecule has 2 saturated carbocycles. The molecule has 3 aliphatic rings. The molecular weight excluding hydrogens is 317 g/mol. The zero-order chi connectivity index (χ0) is 9.92. The minimum atomic E-state index is -3.02. The molecule has 2 aliphatic carbocycles. The zero-order valence-corrected chi connectivity index (χ0v) is 10.5. The Morgan fingerprint density at radius 3 is 2.93 bits per heavy atom. The quantitative estimate of drug-likeness (QED) is 0.592. The minimum Gasteiger partial charge on any atom is -0.366 e. The molecule has 0 aromatic carbocycles. The highest BCUT2D eigenvalue weighted by atomic mass is 127. The van der Waals surface area contributed by atoms with E-state index in [1.807, 2.05) is 0 Å². The van der Waals surface area contributed by atoms with E-state index in [2.05, 4.69) is 27.3 Å². The fraction of sp³-hybridized carbons (Fsp3) is 1.00. The van der Waals surface area contributed by atoms with Gasteiger partial charge in [-0.25, -0.2) is 13.1 Å². The summed E-state index contributed by atoms with van der Waals surface area (Å²) in [5.74, 6) is 0.785. The van der Waals surface area contributed by atoms with E-state index in [0.717, 1.165) is 12.8 Å². The number of hydrogen-bond donors (Lipinski definition) is 1. The van der Waals surface area contributed by atoms with Gasteiger partial charge in [0, 0.05) is 0 Å². The molecule has 4 nitrogen and oxygen atoms in total. The first-order chi connectivity index (χ1) is 6.63. The molecule has 14 heavy (non-hydrogen) atoms. The third-order valence-corrected chi connectivity index (χ3v) is 6.12. The van der Waals surface area contributed by atoms with Crippen molar-refractivity contribution in [3.63, 3.8) is 0 Å². The normalized spacial score (nSPS) is 52.8. The molecule has 1 aliphatic heterocycles. The first-order valence-electron chi connectivity index (χ1n) is 4.82. The number of nitrogens with one attached hydrogen (secondary N) is 1. The highest BCUT2D eigenvalue weighted by Crippen LogP contribution is 2.52. The van der Waals surface area contributed by atoms with Crippen LogP contribution in [0, 0.1) is 11.8 Å². The lowest BCUT2D eigenvalue weighted by Crippen LogP contribution is -2.40. The number of fused-ring (bicyclic) bond motifs is 1. The van der Waals surface area contributed by atoms with Gasteiger partial charge in [-0.15, -0.1) is 0 Å². The molecule has 1 N–H and O–H groups in total. The predicted molar refractivity (Wildman–Crippen MR) is 59.6 cm³/mol. The Balaban J connectivity index is 1.93. The maximum absolute atomic E-state index is 11.7. The Bertz CT molecular complexity index is 358. The summed E-state index contributed by atoms with van der Waals surface area (Å²) in [6, 6.07) is 0.0681. The monoisotopic (exact) mass is 329 g/mol. The van der Waals surface area contributed by atoms with Gasteiger partial charge in [0.2, 0.25) is 10.0 Å². The van der Waals surface area contributed by atoms with Gasteiger partial charge < -0.3 is 4.74 Å². The van der Waals surface area contributed by atoms with Crippen LogP contribution in [0.4, 0.5) is 0 Å². The van der Waals surface area contributed by atoms with Gasteiger partial charge in [0.25, 0.3) is 0 Å². The van der Waals surface area contributed by atoms with E-state index in [9.17, 15) is 8.42 Å². The maximum Gasteiger partial charge on any atom is 0.215 e. The number of alkyl halides is 1. The summed E-state index contributed by atoms with van der Waals surface area (Å²) in [5, 5.41) is -0.119. The highest BCUT2D eigenvalue weighted by molar-refractivity contribution is 14.1. The molecule has 1 saturated heterocycles. The summed E-state index contributed by atoms with van der Waals surface area (Å²) in [5.41, 5.74) is 0. The molecule has 3 fully saturated rings. The van der Waals surface area contributed by atoms with Gasteiger partial charge in [-0.1, -0.05) is 22.6 Å². The van der Waals surface area contributed by atoms with Crippen LogP contribution in [0.3, 0.4) is 0 Å². The van der Waals surface area contributed by atoms with Crippen LogP contribution >= 0.6 is 22.6 Å². The smallest absolute Gasteiger partial charge is 0.215 e.